The van der Waals surface area contributed by atoms with Crippen LogP contribution in [-0.2, 0) is 12.8 Å². The molecular formula is C18H20Br2. The maximum atomic E-state index is 3.67. The molecule has 1 unspecified atom stereocenters. The van der Waals surface area contributed by atoms with E-state index >= 15 is 0 Å². The highest BCUT2D eigenvalue weighted by Gasteiger charge is 2.10. The first kappa shape index (κ1) is 15.8. The normalized spacial score (nSPS) is 12.4. The SMILES string of the molecule is Cc1ccc(CC(CBr)Cc2ccc(Br)cc2)cc1C. The highest BCUT2D eigenvalue weighted by molar-refractivity contribution is 9.10. The first-order chi connectivity index (χ1) is 9.58. The zero-order chi connectivity index (χ0) is 14.5. The molecule has 2 aromatic carbocycles. The van der Waals surface area contributed by atoms with Gasteiger partial charge in [0.1, 0.15) is 0 Å². The molecule has 0 nitrogen and oxygen atoms in total. The summed E-state index contributed by atoms with van der Waals surface area (Å²) >= 11 is 7.16. The van der Waals surface area contributed by atoms with Gasteiger partial charge >= 0.3 is 0 Å². The average molecular weight is 396 g/mol. The number of hydrogen-bond donors (Lipinski definition) is 0. The second kappa shape index (κ2) is 7.42. The summed E-state index contributed by atoms with van der Waals surface area (Å²) in [5, 5.41) is 1.04. The van der Waals surface area contributed by atoms with E-state index in [1.807, 2.05) is 0 Å². The van der Waals surface area contributed by atoms with E-state index in [2.05, 4.69) is 88.2 Å². The van der Waals surface area contributed by atoms with Gasteiger partial charge in [0.25, 0.3) is 0 Å². The summed E-state index contributed by atoms with van der Waals surface area (Å²) in [5.41, 5.74) is 5.60. The van der Waals surface area contributed by atoms with Crippen molar-refractivity contribution in [3.05, 3.63) is 69.2 Å². The Balaban J connectivity index is 2.04. The van der Waals surface area contributed by atoms with Gasteiger partial charge in [0.05, 0.1) is 0 Å². The van der Waals surface area contributed by atoms with E-state index < -0.39 is 0 Å². The van der Waals surface area contributed by atoms with Gasteiger partial charge in [-0.2, -0.15) is 0 Å². The lowest BCUT2D eigenvalue weighted by atomic mass is 9.93. The third kappa shape index (κ3) is 4.46. The van der Waals surface area contributed by atoms with Crippen molar-refractivity contribution in [3.63, 3.8) is 0 Å². The van der Waals surface area contributed by atoms with Crippen LogP contribution in [0.5, 0.6) is 0 Å². The monoisotopic (exact) mass is 394 g/mol. The minimum absolute atomic E-state index is 0.637. The quantitative estimate of drug-likeness (QED) is 0.556. The Hall–Kier alpha value is -0.600. The molecule has 0 aromatic heterocycles. The molecule has 0 saturated heterocycles. The van der Waals surface area contributed by atoms with Crippen molar-refractivity contribution in [1.29, 1.82) is 0 Å². The molecule has 0 amide bonds. The predicted octanol–water partition coefficient (Wildman–Crippen LogP) is 5.86. The number of alkyl halides is 1. The van der Waals surface area contributed by atoms with Crippen LogP contribution in [0.15, 0.2) is 46.9 Å². The zero-order valence-electron chi connectivity index (χ0n) is 12.0. The smallest absolute Gasteiger partial charge is 0.0175 e. The minimum Gasteiger partial charge on any atom is -0.0925 e. The Bertz CT molecular complexity index is 558. The fraction of sp³-hybridized carbons (Fsp3) is 0.333. The molecule has 0 spiro atoms. The summed E-state index contributed by atoms with van der Waals surface area (Å²) in [6.07, 6.45) is 2.24. The van der Waals surface area contributed by atoms with Crippen LogP contribution in [0.2, 0.25) is 0 Å². The number of rotatable bonds is 5. The molecule has 0 N–H and O–H groups in total. The van der Waals surface area contributed by atoms with Crippen molar-refractivity contribution in [3.8, 4) is 0 Å². The molecule has 0 aliphatic carbocycles. The Kier molecular flexibility index (Phi) is 5.86. The molecule has 106 valence electrons. The van der Waals surface area contributed by atoms with Crippen molar-refractivity contribution in [1.82, 2.24) is 0 Å². The van der Waals surface area contributed by atoms with Gasteiger partial charge in [0.15, 0.2) is 0 Å². The molecular weight excluding hydrogens is 376 g/mol. The summed E-state index contributed by atoms with van der Waals surface area (Å²) in [6, 6.07) is 15.5. The summed E-state index contributed by atoms with van der Waals surface area (Å²) in [7, 11) is 0. The highest BCUT2D eigenvalue weighted by atomic mass is 79.9. The maximum absolute atomic E-state index is 3.67. The largest absolute Gasteiger partial charge is 0.0925 e. The van der Waals surface area contributed by atoms with E-state index in [1.165, 1.54) is 22.3 Å². The van der Waals surface area contributed by atoms with Crippen LogP contribution in [0.1, 0.15) is 22.3 Å². The molecule has 0 heterocycles. The van der Waals surface area contributed by atoms with Gasteiger partial charge < -0.3 is 0 Å². The van der Waals surface area contributed by atoms with Crippen LogP contribution < -0.4 is 0 Å². The zero-order valence-corrected chi connectivity index (χ0v) is 15.2. The molecule has 20 heavy (non-hydrogen) atoms. The van der Waals surface area contributed by atoms with Gasteiger partial charge in [0.2, 0.25) is 0 Å². The second-order valence-corrected chi connectivity index (χ2v) is 7.04. The van der Waals surface area contributed by atoms with Gasteiger partial charge in [-0.1, -0.05) is 62.2 Å². The molecule has 0 aliphatic rings. The molecule has 0 aliphatic heterocycles. The predicted molar refractivity (Wildman–Crippen MR) is 94.8 cm³/mol. The first-order valence-electron chi connectivity index (χ1n) is 6.95. The first-order valence-corrected chi connectivity index (χ1v) is 8.86. The molecule has 2 heteroatoms. The Morgan fingerprint density at radius 3 is 2.05 bits per heavy atom. The Morgan fingerprint density at radius 1 is 0.850 bits per heavy atom. The van der Waals surface area contributed by atoms with Crippen LogP contribution in [0.3, 0.4) is 0 Å². The van der Waals surface area contributed by atoms with Crippen LogP contribution in [-0.4, -0.2) is 5.33 Å². The van der Waals surface area contributed by atoms with Gasteiger partial charge in [-0.15, -0.1) is 0 Å². The van der Waals surface area contributed by atoms with E-state index in [4.69, 9.17) is 0 Å². The van der Waals surface area contributed by atoms with E-state index in [9.17, 15) is 0 Å². The summed E-state index contributed by atoms with van der Waals surface area (Å²) in [5.74, 6) is 0.637. The van der Waals surface area contributed by atoms with E-state index in [0.29, 0.717) is 5.92 Å². The number of halogens is 2. The van der Waals surface area contributed by atoms with Crippen LogP contribution >= 0.6 is 31.9 Å². The summed E-state index contributed by atoms with van der Waals surface area (Å²) < 4.78 is 1.14. The van der Waals surface area contributed by atoms with Gasteiger partial charge in [-0.25, -0.2) is 0 Å². The fourth-order valence-electron chi connectivity index (χ4n) is 2.40. The third-order valence-electron chi connectivity index (χ3n) is 3.75. The molecule has 2 rings (SSSR count). The third-order valence-corrected chi connectivity index (χ3v) is 5.20. The fourth-order valence-corrected chi connectivity index (χ4v) is 3.12. The van der Waals surface area contributed by atoms with Crippen molar-refractivity contribution < 1.29 is 0 Å². The number of hydrogen-bond acceptors (Lipinski definition) is 0. The van der Waals surface area contributed by atoms with E-state index in [-0.39, 0.29) is 0 Å². The van der Waals surface area contributed by atoms with Crippen LogP contribution in [0.4, 0.5) is 0 Å². The number of aryl methyl sites for hydroxylation is 2. The second-order valence-electron chi connectivity index (χ2n) is 5.47. The lowest BCUT2D eigenvalue weighted by molar-refractivity contribution is 0.591. The van der Waals surface area contributed by atoms with E-state index in [1.54, 1.807) is 0 Å². The Labute approximate surface area is 138 Å². The standard InChI is InChI=1S/C18H20Br2/c1-13-3-4-16(9-14(13)2)11-17(12-19)10-15-5-7-18(20)8-6-15/h3-9,17H,10-12H2,1-2H3. The molecule has 0 bridgehead atoms. The van der Waals surface area contributed by atoms with Crippen LogP contribution in [0.25, 0.3) is 0 Å². The van der Waals surface area contributed by atoms with Gasteiger partial charge in [-0.05, 0) is 67.0 Å². The lowest BCUT2D eigenvalue weighted by Crippen LogP contribution is -2.10. The van der Waals surface area contributed by atoms with Gasteiger partial charge in [-0.3, -0.25) is 0 Å². The summed E-state index contributed by atoms with van der Waals surface area (Å²) in [6.45, 7) is 4.36. The number of benzene rings is 2. The van der Waals surface area contributed by atoms with Crippen molar-refractivity contribution in [2.24, 2.45) is 5.92 Å². The lowest BCUT2D eigenvalue weighted by Gasteiger charge is -2.15. The molecule has 1 atom stereocenters. The molecule has 0 radical (unpaired) electrons. The Morgan fingerprint density at radius 2 is 1.45 bits per heavy atom. The van der Waals surface area contributed by atoms with Crippen molar-refractivity contribution in [2.45, 2.75) is 26.7 Å². The average Bonchev–Trinajstić information content (AvgIpc) is 2.44. The van der Waals surface area contributed by atoms with Crippen molar-refractivity contribution in [2.75, 3.05) is 5.33 Å². The molecule has 0 fully saturated rings. The molecule has 0 saturated carbocycles. The maximum Gasteiger partial charge on any atom is 0.0175 e. The van der Waals surface area contributed by atoms with E-state index in [0.717, 1.165) is 22.6 Å². The van der Waals surface area contributed by atoms with Crippen molar-refractivity contribution >= 4 is 31.9 Å². The summed E-state index contributed by atoms with van der Waals surface area (Å²) in [4.78, 5) is 0. The highest BCUT2D eigenvalue weighted by Crippen LogP contribution is 2.20. The van der Waals surface area contributed by atoms with Gasteiger partial charge in [0, 0.05) is 9.80 Å². The minimum atomic E-state index is 0.637. The molecule has 2 aromatic rings. The topological polar surface area (TPSA) is 0 Å². The van der Waals surface area contributed by atoms with Crippen LogP contribution in [0, 0.1) is 19.8 Å².